The summed E-state index contributed by atoms with van der Waals surface area (Å²) in [4.78, 5) is 33.6. The average molecular weight is 611 g/mol. The van der Waals surface area contributed by atoms with E-state index in [0.29, 0.717) is 45.2 Å². The van der Waals surface area contributed by atoms with Crippen LogP contribution in [0.25, 0.3) is 27.6 Å². The molecule has 3 heterocycles. The highest BCUT2D eigenvalue weighted by Crippen LogP contribution is 2.30. The number of aliphatic hydroxyl groups excluding tert-OH is 1. The highest BCUT2D eigenvalue weighted by Gasteiger charge is 2.20. The van der Waals surface area contributed by atoms with Gasteiger partial charge in [0.1, 0.15) is 11.6 Å². The SMILES string of the molecule is CCNC(C)Cc1ccc(NCc2cc(-c3cccc(-n4ncc5cc(C(C)(C)C)cc(F)c5c4=O)c3CO)c[nH]c2=O)nc1. The van der Waals surface area contributed by atoms with Gasteiger partial charge in [-0.1, -0.05) is 45.9 Å². The van der Waals surface area contributed by atoms with Crippen molar-refractivity contribution in [2.45, 2.75) is 65.6 Å². The van der Waals surface area contributed by atoms with E-state index in [1.54, 1.807) is 36.5 Å². The van der Waals surface area contributed by atoms with Crippen molar-refractivity contribution in [3.05, 3.63) is 116 Å². The molecule has 0 aliphatic rings. The number of nitrogens with zero attached hydrogens (tertiary/aromatic N) is 3. The summed E-state index contributed by atoms with van der Waals surface area (Å²) in [5, 5.41) is 21.8. The number of hydrogen-bond donors (Lipinski definition) is 4. The molecule has 4 N–H and O–H groups in total. The largest absolute Gasteiger partial charge is 0.392 e. The van der Waals surface area contributed by atoms with Gasteiger partial charge in [0.15, 0.2) is 0 Å². The van der Waals surface area contributed by atoms with E-state index in [4.69, 9.17) is 0 Å². The lowest BCUT2D eigenvalue weighted by molar-refractivity contribution is 0.282. The van der Waals surface area contributed by atoms with Crippen LogP contribution in [0.2, 0.25) is 0 Å². The van der Waals surface area contributed by atoms with Gasteiger partial charge in [0.05, 0.1) is 23.9 Å². The molecule has 0 fully saturated rings. The number of aromatic nitrogens is 4. The van der Waals surface area contributed by atoms with Crippen molar-refractivity contribution in [1.29, 1.82) is 0 Å². The Balaban J connectivity index is 1.45. The number of aromatic amines is 1. The molecule has 0 amide bonds. The number of pyridine rings is 2. The van der Waals surface area contributed by atoms with Gasteiger partial charge in [-0.15, -0.1) is 0 Å². The molecule has 10 heteroatoms. The number of nitrogens with one attached hydrogen (secondary N) is 3. The smallest absolute Gasteiger partial charge is 0.282 e. The molecule has 0 bridgehead atoms. The molecular weight excluding hydrogens is 571 g/mol. The first-order chi connectivity index (χ1) is 21.5. The van der Waals surface area contributed by atoms with Crippen LogP contribution in [0, 0.1) is 5.82 Å². The standard InChI is InChI=1S/C35H39FN6O3/c1-6-37-21(2)12-22-10-11-31(38-16-22)39-18-25-13-23(17-40-33(25)44)27-8-7-9-30(28(27)20-43)42-34(45)32-24(19-41-42)14-26(15-29(32)36)35(3,4)5/h7-11,13-17,19,21,37,43H,6,12,18,20H2,1-5H3,(H,38,39)(H,40,44). The van der Waals surface area contributed by atoms with E-state index >= 15 is 4.39 Å². The summed E-state index contributed by atoms with van der Waals surface area (Å²) >= 11 is 0. The molecule has 9 nitrogen and oxygen atoms in total. The van der Waals surface area contributed by atoms with Crippen LogP contribution in [0.5, 0.6) is 0 Å². The number of hydrogen-bond acceptors (Lipinski definition) is 7. The zero-order chi connectivity index (χ0) is 32.3. The van der Waals surface area contributed by atoms with E-state index in [1.807, 2.05) is 39.1 Å². The van der Waals surface area contributed by atoms with Crippen LogP contribution < -0.4 is 21.8 Å². The van der Waals surface area contributed by atoms with Crippen LogP contribution in [0.1, 0.15) is 56.9 Å². The van der Waals surface area contributed by atoms with Crippen molar-refractivity contribution < 1.29 is 9.50 Å². The fourth-order valence-corrected chi connectivity index (χ4v) is 5.48. The number of anilines is 1. The highest BCUT2D eigenvalue weighted by molar-refractivity contribution is 5.83. The zero-order valence-electron chi connectivity index (χ0n) is 26.2. The number of aliphatic hydroxyl groups is 1. The normalized spacial score (nSPS) is 12.4. The van der Waals surface area contributed by atoms with Crippen molar-refractivity contribution in [2.24, 2.45) is 0 Å². The minimum Gasteiger partial charge on any atom is -0.392 e. The van der Waals surface area contributed by atoms with E-state index in [9.17, 15) is 14.7 Å². The molecule has 2 aromatic carbocycles. The fourth-order valence-electron chi connectivity index (χ4n) is 5.48. The van der Waals surface area contributed by atoms with Gasteiger partial charge in [0, 0.05) is 41.5 Å². The summed E-state index contributed by atoms with van der Waals surface area (Å²) in [6.45, 7) is 10.8. The Morgan fingerprint density at radius 3 is 2.58 bits per heavy atom. The van der Waals surface area contributed by atoms with Crippen molar-refractivity contribution in [3.63, 3.8) is 0 Å². The van der Waals surface area contributed by atoms with Crippen LogP contribution in [0.4, 0.5) is 10.2 Å². The predicted molar refractivity (Wildman–Crippen MR) is 176 cm³/mol. The molecule has 1 unspecified atom stereocenters. The van der Waals surface area contributed by atoms with Gasteiger partial charge in [-0.3, -0.25) is 9.59 Å². The molecule has 0 saturated heterocycles. The van der Waals surface area contributed by atoms with Gasteiger partial charge in [-0.25, -0.2) is 9.37 Å². The lowest BCUT2D eigenvalue weighted by atomic mass is 9.86. The topological polar surface area (TPSA) is 125 Å². The monoisotopic (exact) mass is 610 g/mol. The Hall–Kier alpha value is -4.67. The lowest BCUT2D eigenvalue weighted by Gasteiger charge is -2.20. The summed E-state index contributed by atoms with van der Waals surface area (Å²) in [5.74, 6) is 0.0200. The van der Waals surface area contributed by atoms with Crippen LogP contribution in [0.3, 0.4) is 0 Å². The van der Waals surface area contributed by atoms with Gasteiger partial charge >= 0.3 is 0 Å². The minimum absolute atomic E-state index is 0.0709. The molecule has 1 atom stereocenters. The van der Waals surface area contributed by atoms with Crippen LogP contribution in [-0.4, -0.2) is 37.4 Å². The van der Waals surface area contributed by atoms with E-state index in [2.05, 4.69) is 39.5 Å². The first-order valence-corrected chi connectivity index (χ1v) is 15.1. The quantitative estimate of drug-likeness (QED) is 0.171. The number of likely N-dealkylation sites (N-methyl/N-ethyl adjacent to an activating group) is 1. The zero-order valence-corrected chi connectivity index (χ0v) is 26.2. The van der Waals surface area contributed by atoms with Gasteiger partial charge in [0.25, 0.3) is 11.1 Å². The van der Waals surface area contributed by atoms with Gasteiger partial charge in [0.2, 0.25) is 0 Å². The first kappa shape index (κ1) is 31.7. The summed E-state index contributed by atoms with van der Waals surface area (Å²) in [5.41, 5.74) is 3.10. The highest BCUT2D eigenvalue weighted by atomic mass is 19.1. The molecule has 5 aromatic rings. The second kappa shape index (κ2) is 13.1. The third-order valence-corrected chi connectivity index (χ3v) is 7.91. The molecule has 0 aliphatic heterocycles. The third kappa shape index (κ3) is 6.87. The predicted octanol–water partition coefficient (Wildman–Crippen LogP) is 5.22. The Morgan fingerprint density at radius 1 is 1.09 bits per heavy atom. The summed E-state index contributed by atoms with van der Waals surface area (Å²) in [7, 11) is 0. The number of H-pyrrole nitrogens is 1. The van der Waals surface area contributed by atoms with Crippen molar-refractivity contribution in [3.8, 4) is 16.8 Å². The maximum absolute atomic E-state index is 15.3. The number of halogens is 1. The van der Waals surface area contributed by atoms with E-state index in [1.165, 1.54) is 12.3 Å². The third-order valence-electron chi connectivity index (χ3n) is 7.91. The van der Waals surface area contributed by atoms with E-state index in [-0.39, 0.29) is 22.9 Å². The second-order valence-corrected chi connectivity index (χ2v) is 12.3. The number of benzene rings is 2. The Labute approximate surface area is 261 Å². The second-order valence-electron chi connectivity index (χ2n) is 12.3. The minimum atomic E-state index is -0.627. The van der Waals surface area contributed by atoms with E-state index in [0.717, 1.165) is 28.8 Å². The summed E-state index contributed by atoms with van der Waals surface area (Å²) in [6.07, 6.45) is 5.72. The molecular formula is C35H39FN6O3. The Morgan fingerprint density at radius 2 is 1.89 bits per heavy atom. The molecule has 5 rings (SSSR count). The Bertz CT molecular complexity index is 1940. The first-order valence-electron chi connectivity index (χ1n) is 15.1. The van der Waals surface area contributed by atoms with Gasteiger partial charge in [-0.2, -0.15) is 9.78 Å². The molecule has 0 aliphatic carbocycles. The average Bonchev–Trinajstić information content (AvgIpc) is 3.00. The van der Waals surface area contributed by atoms with Crippen LogP contribution >= 0.6 is 0 Å². The van der Waals surface area contributed by atoms with Gasteiger partial charge < -0.3 is 20.7 Å². The summed E-state index contributed by atoms with van der Waals surface area (Å²) < 4.78 is 16.4. The van der Waals surface area contributed by atoms with Crippen molar-refractivity contribution in [1.82, 2.24) is 25.1 Å². The molecule has 0 saturated carbocycles. The van der Waals surface area contributed by atoms with Crippen LogP contribution in [0.15, 0.2) is 76.7 Å². The number of rotatable bonds is 10. The summed E-state index contributed by atoms with van der Waals surface area (Å²) in [6, 6.07) is 14.3. The molecule has 0 radical (unpaired) electrons. The Kier molecular flexibility index (Phi) is 9.27. The van der Waals surface area contributed by atoms with Crippen LogP contribution in [-0.2, 0) is 25.0 Å². The fraction of sp³-hybridized carbons (Fsp3) is 0.314. The van der Waals surface area contributed by atoms with E-state index < -0.39 is 18.0 Å². The molecule has 0 spiro atoms. The molecule has 234 valence electrons. The maximum atomic E-state index is 15.3. The molecule has 45 heavy (non-hydrogen) atoms. The maximum Gasteiger partial charge on any atom is 0.282 e. The molecule has 3 aromatic heterocycles. The van der Waals surface area contributed by atoms with Crippen molar-refractivity contribution >= 4 is 16.6 Å². The lowest BCUT2D eigenvalue weighted by Crippen LogP contribution is -2.27. The number of fused-ring (bicyclic) bond motifs is 1. The van der Waals surface area contributed by atoms with Crippen molar-refractivity contribution in [2.75, 3.05) is 11.9 Å². The van der Waals surface area contributed by atoms with Gasteiger partial charge in [-0.05, 0) is 77.9 Å².